The molecule has 1 heterocycles. The summed E-state index contributed by atoms with van der Waals surface area (Å²) in [5, 5.41) is 2.76. The first-order valence-electron chi connectivity index (χ1n) is 11.1. The number of rotatable bonds is 10. The molecule has 0 radical (unpaired) electrons. The van der Waals surface area contributed by atoms with Gasteiger partial charge in [0, 0.05) is 37.2 Å². The van der Waals surface area contributed by atoms with Crippen LogP contribution in [0.1, 0.15) is 41.3 Å². The largest absolute Gasteiger partial charge is 0.444 e. The van der Waals surface area contributed by atoms with Gasteiger partial charge in [-0.2, -0.15) is 0 Å². The molecule has 2 aromatic carbocycles. The third-order valence-electron chi connectivity index (χ3n) is 5.31. The Morgan fingerprint density at radius 2 is 1.70 bits per heavy atom. The van der Waals surface area contributed by atoms with E-state index in [2.05, 4.69) is 5.32 Å². The molecule has 176 valence electrons. The molecule has 2 amide bonds. The van der Waals surface area contributed by atoms with E-state index in [1.165, 1.54) is 11.8 Å². The minimum Gasteiger partial charge on any atom is -0.444 e. The van der Waals surface area contributed by atoms with Crippen LogP contribution in [0.15, 0.2) is 59.5 Å². The Morgan fingerprint density at radius 3 is 2.42 bits per heavy atom. The average molecular weight is 471 g/mol. The number of nitrogens with one attached hydrogen (secondary N) is 1. The number of thioether (sulfide) groups is 1. The Kier molecular flexibility index (Phi) is 9.77. The zero-order chi connectivity index (χ0) is 23.5. The van der Waals surface area contributed by atoms with Crippen molar-refractivity contribution in [3.05, 3.63) is 65.7 Å². The van der Waals surface area contributed by atoms with Crippen molar-refractivity contribution in [2.24, 2.45) is 0 Å². The number of benzene rings is 2. The molecule has 0 bridgehead atoms. The zero-order valence-electron chi connectivity index (χ0n) is 18.8. The van der Waals surface area contributed by atoms with E-state index in [9.17, 15) is 14.4 Å². The first kappa shape index (κ1) is 24.8. The maximum Gasteiger partial charge on any atom is 0.340 e. The average Bonchev–Trinajstić information content (AvgIpc) is 2.87. The van der Waals surface area contributed by atoms with E-state index in [4.69, 9.17) is 9.47 Å². The van der Waals surface area contributed by atoms with Gasteiger partial charge in [-0.1, -0.05) is 42.5 Å². The summed E-state index contributed by atoms with van der Waals surface area (Å²) in [7, 11) is 1.57. The van der Waals surface area contributed by atoms with Gasteiger partial charge in [0.15, 0.2) is 0 Å². The number of carbonyl (C=O) groups is 3. The summed E-state index contributed by atoms with van der Waals surface area (Å²) in [6, 6.07) is 16.1. The lowest BCUT2D eigenvalue weighted by atomic mass is 10.1. The summed E-state index contributed by atoms with van der Waals surface area (Å²) in [6.45, 7) is 2.21. The van der Waals surface area contributed by atoms with E-state index in [-0.39, 0.29) is 17.6 Å². The Hall–Kier alpha value is -2.84. The molecule has 3 rings (SSSR count). The number of amides is 2. The minimum atomic E-state index is -1.01. The predicted molar refractivity (Wildman–Crippen MR) is 127 cm³/mol. The number of ether oxygens (including phenoxy) is 2. The molecule has 1 aliphatic heterocycles. The molecule has 0 aromatic heterocycles. The van der Waals surface area contributed by atoms with Crippen LogP contribution >= 0.6 is 11.8 Å². The van der Waals surface area contributed by atoms with Gasteiger partial charge in [-0.3, -0.25) is 9.59 Å². The maximum absolute atomic E-state index is 13.3. The fraction of sp³-hybridized carbons (Fsp3) is 0.400. The zero-order valence-corrected chi connectivity index (χ0v) is 19.6. The normalized spacial score (nSPS) is 14.4. The van der Waals surface area contributed by atoms with Gasteiger partial charge in [-0.15, -0.1) is 11.8 Å². The molecule has 0 spiro atoms. The first-order valence-corrected chi connectivity index (χ1v) is 12.1. The van der Waals surface area contributed by atoms with Crippen molar-refractivity contribution in [3.8, 4) is 0 Å². The Balaban J connectivity index is 1.73. The van der Waals surface area contributed by atoms with E-state index < -0.39 is 12.1 Å². The van der Waals surface area contributed by atoms with Crippen molar-refractivity contribution >= 4 is 29.5 Å². The highest BCUT2D eigenvalue weighted by molar-refractivity contribution is 8.00. The second kappa shape index (κ2) is 13.0. The number of esters is 1. The van der Waals surface area contributed by atoms with Gasteiger partial charge < -0.3 is 19.7 Å². The molecule has 8 heteroatoms. The van der Waals surface area contributed by atoms with Crippen molar-refractivity contribution in [2.75, 3.05) is 39.1 Å². The molecular formula is C25H30N2O5S. The number of methoxy groups -OCH3 is 1. The van der Waals surface area contributed by atoms with Crippen LogP contribution in [-0.2, 0) is 19.1 Å². The molecular weight excluding hydrogens is 440 g/mol. The molecule has 1 fully saturated rings. The van der Waals surface area contributed by atoms with Crippen LogP contribution in [0.3, 0.4) is 0 Å². The SMILES string of the molecule is COCCNC(=O)CSc1ccccc1C(=O)OC(C(=O)N1CCCCC1)c1ccccc1. The van der Waals surface area contributed by atoms with E-state index in [1.807, 2.05) is 18.2 Å². The van der Waals surface area contributed by atoms with Gasteiger partial charge in [0.05, 0.1) is 17.9 Å². The molecule has 7 nitrogen and oxygen atoms in total. The standard InChI is InChI=1S/C25H30N2O5S/c1-31-17-14-26-22(28)18-33-21-13-7-6-12-20(21)25(30)32-23(19-10-4-2-5-11-19)24(29)27-15-8-3-9-16-27/h2,4-7,10-13,23H,3,8-9,14-18H2,1H3,(H,26,28). The second-order valence-corrected chi connectivity index (χ2v) is 8.73. The molecule has 1 aliphatic rings. The highest BCUT2D eigenvalue weighted by Crippen LogP contribution is 2.28. The lowest BCUT2D eigenvalue weighted by Crippen LogP contribution is -2.40. The van der Waals surface area contributed by atoms with E-state index in [0.717, 1.165) is 19.3 Å². The topological polar surface area (TPSA) is 84.9 Å². The van der Waals surface area contributed by atoms with Crippen molar-refractivity contribution in [1.82, 2.24) is 10.2 Å². The quantitative estimate of drug-likeness (QED) is 0.325. The lowest BCUT2D eigenvalue weighted by molar-refractivity contribution is -0.142. The Morgan fingerprint density at radius 1 is 1.00 bits per heavy atom. The molecule has 0 aliphatic carbocycles. The third-order valence-corrected chi connectivity index (χ3v) is 6.39. The Bertz CT molecular complexity index is 931. The number of hydrogen-bond donors (Lipinski definition) is 1. The second-order valence-electron chi connectivity index (χ2n) is 7.71. The lowest BCUT2D eigenvalue weighted by Gasteiger charge is -2.30. The highest BCUT2D eigenvalue weighted by atomic mass is 32.2. The fourth-order valence-corrected chi connectivity index (χ4v) is 4.46. The van der Waals surface area contributed by atoms with Crippen molar-refractivity contribution < 1.29 is 23.9 Å². The van der Waals surface area contributed by atoms with E-state index in [1.54, 1.807) is 48.4 Å². The van der Waals surface area contributed by atoms with Crippen LogP contribution in [0, 0.1) is 0 Å². The third kappa shape index (κ3) is 7.33. The van der Waals surface area contributed by atoms with Gasteiger partial charge in [-0.05, 0) is 31.4 Å². The molecule has 1 atom stereocenters. The van der Waals surface area contributed by atoms with Gasteiger partial charge in [-0.25, -0.2) is 4.79 Å². The monoisotopic (exact) mass is 470 g/mol. The molecule has 1 saturated heterocycles. The van der Waals surface area contributed by atoms with Gasteiger partial charge in [0.1, 0.15) is 0 Å². The van der Waals surface area contributed by atoms with Crippen LogP contribution in [0.5, 0.6) is 0 Å². The highest BCUT2D eigenvalue weighted by Gasteiger charge is 2.31. The van der Waals surface area contributed by atoms with Gasteiger partial charge >= 0.3 is 5.97 Å². The van der Waals surface area contributed by atoms with Gasteiger partial charge in [0.2, 0.25) is 12.0 Å². The maximum atomic E-state index is 13.3. The van der Waals surface area contributed by atoms with Crippen molar-refractivity contribution in [1.29, 1.82) is 0 Å². The molecule has 33 heavy (non-hydrogen) atoms. The number of likely N-dealkylation sites (tertiary alicyclic amines) is 1. The molecule has 1 N–H and O–H groups in total. The van der Waals surface area contributed by atoms with Crippen LogP contribution in [0.25, 0.3) is 0 Å². The first-order chi connectivity index (χ1) is 16.1. The van der Waals surface area contributed by atoms with Crippen LogP contribution in [0.4, 0.5) is 0 Å². The van der Waals surface area contributed by atoms with Crippen LogP contribution in [0.2, 0.25) is 0 Å². The summed E-state index contributed by atoms with van der Waals surface area (Å²) in [4.78, 5) is 40.9. The summed E-state index contributed by atoms with van der Waals surface area (Å²) in [5.74, 6) is -0.778. The molecule has 1 unspecified atom stereocenters. The summed E-state index contributed by atoms with van der Waals surface area (Å²) >= 11 is 1.25. The molecule has 2 aromatic rings. The summed E-state index contributed by atoms with van der Waals surface area (Å²) in [5.41, 5.74) is 0.976. The molecule has 0 saturated carbocycles. The van der Waals surface area contributed by atoms with Gasteiger partial charge in [0.25, 0.3) is 5.91 Å². The van der Waals surface area contributed by atoms with E-state index in [0.29, 0.717) is 42.3 Å². The Labute approximate surface area is 198 Å². The smallest absolute Gasteiger partial charge is 0.340 e. The minimum absolute atomic E-state index is 0.150. The number of nitrogens with zero attached hydrogens (tertiary/aromatic N) is 1. The summed E-state index contributed by atoms with van der Waals surface area (Å²) < 4.78 is 10.7. The van der Waals surface area contributed by atoms with Crippen molar-refractivity contribution in [3.63, 3.8) is 0 Å². The predicted octanol–water partition coefficient (Wildman–Crippen LogP) is 3.45. The van der Waals surface area contributed by atoms with E-state index >= 15 is 0 Å². The van der Waals surface area contributed by atoms with Crippen molar-refractivity contribution in [2.45, 2.75) is 30.3 Å². The number of carbonyl (C=O) groups excluding carboxylic acids is 3. The summed E-state index contributed by atoms with van der Waals surface area (Å²) in [6.07, 6.45) is 2.00. The van der Waals surface area contributed by atoms with Crippen LogP contribution < -0.4 is 5.32 Å². The van der Waals surface area contributed by atoms with Crippen LogP contribution in [-0.4, -0.2) is 61.8 Å². The number of hydrogen-bond acceptors (Lipinski definition) is 6. The number of piperidine rings is 1. The fourth-order valence-electron chi connectivity index (χ4n) is 3.59.